The lowest BCUT2D eigenvalue weighted by atomic mass is 9.81. The van der Waals surface area contributed by atoms with Crippen LogP contribution in [0.4, 0.5) is 4.39 Å². The molecule has 0 bridgehead atoms. The van der Waals surface area contributed by atoms with Crippen molar-refractivity contribution < 1.29 is 18.7 Å². The van der Waals surface area contributed by atoms with Gasteiger partial charge in [-0.1, -0.05) is 13.8 Å². The highest BCUT2D eigenvalue weighted by atomic mass is 19.1. The number of amides is 1. The number of aromatic nitrogens is 2. The number of ether oxygens (including phenoxy) is 1. The molecule has 8 heteroatoms. The molecule has 0 saturated heterocycles. The van der Waals surface area contributed by atoms with Gasteiger partial charge in [-0.05, 0) is 60.9 Å². The molecule has 0 spiro atoms. The standard InChI is InChI=1S/C29H32FN3O4/c1-5-7-25(35)31-22-9-8-17-15(3)21(30)11-23-26(17)27(22)19-12-33-24(28(19)32-23)10-18(16(6-2)13-34)20(14-37-4)29(33)36/h10-11,13,16,22H,5-9,12,14H2,1-4H3,(H,31,35). The number of halogens is 1. The highest BCUT2D eigenvalue weighted by molar-refractivity contribution is 5.93. The van der Waals surface area contributed by atoms with Crippen molar-refractivity contribution in [3.05, 3.63) is 61.7 Å². The molecule has 3 aromatic rings. The molecule has 7 nitrogen and oxygen atoms in total. The van der Waals surface area contributed by atoms with Gasteiger partial charge in [0.25, 0.3) is 5.56 Å². The van der Waals surface area contributed by atoms with Gasteiger partial charge < -0.3 is 19.4 Å². The van der Waals surface area contributed by atoms with Crippen molar-refractivity contribution in [3.63, 3.8) is 0 Å². The van der Waals surface area contributed by atoms with Crippen LogP contribution in [0.3, 0.4) is 0 Å². The van der Waals surface area contributed by atoms with E-state index in [0.29, 0.717) is 65.8 Å². The van der Waals surface area contributed by atoms with E-state index in [2.05, 4.69) is 5.32 Å². The van der Waals surface area contributed by atoms with Gasteiger partial charge in [-0.25, -0.2) is 9.37 Å². The van der Waals surface area contributed by atoms with E-state index in [1.807, 2.05) is 19.9 Å². The minimum absolute atomic E-state index is 0.0254. The Balaban J connectivity index is 1.80. The van der Waals surface area contributed by atoms with Crippen LogP contribution >= 0.6 is 0 Å². The summed E-state index contributed by atoms with van der Waals surface area (Å²) in [6.07, 6.45) is 3.86. The third-order valence-corrected chi connectivity index (χ3v) is 7.87. The molecule has 3 heterocycles. The minimum atomic E-state index is -0.445. The number of aldehydes is 1. The smallest absolute Gasteiger partial charge is 0.257 e. The number of benzene rings is 1. The number of rotatable bonds is 8. The first kappa shape index (κ1) is 25.3. The van der Waals surface area contributed by atoms with E-state index in [1.54, 1.807) is 11.5 Å². The van der Waals surface area contributed by atoms with Crippen molar-refractivity contribution in [3.8, 4) is 11.4 Å². The number of nitrogens with one attached hydrogen (secondary N) is 1. The molecule has 194 valence electrons. The topological polar surface area (TPSA) is 90.3 Å². The fourth-order valence-electron chi connectivity index (χ4n) is 6.01. The van der Waals surface area contributed by atoms with Crippen LogP contribution in [-0.4, -0.2) is 28.9 Å². The molecule has 0 fully saturated rings. The first-order valence-electron chi connectivity index (χ1n) is 13.0. The summed E-state index contributed by atoms with van der Waals surface area (Å²) in [5.41, 5.74) is 5.94. The zero-order valence-electron chi connectivity index (χ0n) is 21.7. The molecule has 0 radical (unpaired) electrons. The molecular weight excluding hydrogens is 473 g/mol. The van der Waals surface area contributed by atoms with Crippen molar-refractivity contribution in [1.82, 2.24) is 14.9 Å². The second kappa shape index (κ2) is 9.82. The van der Waals surface area contributed by atoms with Crippen LogP contribution in [0.5, 0.6) is 0 Å². The molecule has 2 atom stereocenters. The second-order valence-electron chi connectivity index (χ2n) is 10.1. The van der Waals surface area contributed by atoms with Crippen LogP contribution in [0.1, 0.15) is 84.9 Å². The molecule has 1 amide bonds. The van der Waals surface area contributed by atoms with E-state index in [4.69, 9.17) is 9.72 Å². The van der Waals surface area contributed by atoms with Crippen LogP contribution < -0.4 is 10.9 Å². The quantitative estimate of drug-likeness (QED) is 0.353. The number of hydrogen-bond donors (Lipinski definition) is 1. The molecule has 37 heavy (non-hydrogen) atoms. The Morgan fingerprint density at radius 2 is 2.11 bits per heavy atom. The Morgan fingerprint density at radius 3 is 2.78 bits per heavy atom. The van der Waals surface area contributed by atoms with Crippen LogP contribution in [0, 0.1) is 12.7 Å². The fraction of sp³-hybridized carbons (Fsp3) is 0.448. The van der Waals surface area contributed by atoms with E-state index in [-0.39, 0.29) is 29.9 Å². The first-order valence-corrected chi connectivity index (χ1v) is 13.0. The number of carbonyl (C=O) groups excluding carboxylic acids is 2. The summed E-state index contributed by atoms with van der Waals surface area (Å²) in [6.45, 7) is 6.05. The number of pyridine rings is 2. The highest BCUT2D eigenvalue weighted by Crippen LogP contribution is 2.45. The maximum atomic E-state index is 15.0. The summed E-state index contributed by atoms with van der Waals surface area (Å²) in [5, 5.41) is 4.07. The number of fused-ring (bicyclic) bond motifs is 4. The summed E-state index contributed by atoms with van der Waals surface area (Å²) < 4.78 is 22.0. The van der Waals surface area contributed by atoms with Gasteiger partial charge in [0, 0.05) is 42.0 Å². The van der Waals surface area contributed by atoms with Crippen molar-refractivity contribution >= 4 is 23.1 Å². The molecular formula is C29H32FN3O4. The van der Waals surface area contributed by atoms with E-state index in [1.165, 1.54) is 13.2 Å². The molecule has 5 rings (SSSR count). The Hall–Kier alpha value is -3.39. The molecule has 2 unspecified atom stereocenters. The van der Waals surface area contributed by atoms with Crippen LogP contribution in [0.25, 0.3) is 22.3 Å². The van der Waals surface area contributed by atoms with Gasteiger partial charge in [-0.15, -0.1) is 0 Å². The predicted molar refractivity (Wildman–Crippen MR) is 139 cm³/mol. The average Bonchev–Trinajstić information content (AvgIpc) is 3.24. The average molecular weight is 506 g/mol. The SMILES string of the molecule is CCCC(=O)NC1CCc2c(C)c(F)cc3nc4c(c1c23)Cn1c-4cc(C(C=O)CC)c(COC)c1=O. The number of methoxy groups -OCH3 is 1. The number of hydrogen-bond acceptors (Lipinski definition) is 5. The fourth-order valence-corrected chi connectivity index (χ4v) is 6.01. The van der Waals surface area contributed by atoms with Gasteiger partial charge in [0.2, 0.25) is 5.91 Å². The minimum Gasteiger partial charge on any atom is -0.380 e. The van der Waals surface area contributed by atoms with E-state index in [9.17, 15) is 18.8 Å². The number of nitrogens with zero attached hydrogens (tertiary/aromatic N) is 2. The van der Waals surface area contributed by atoms with Crippen LogP contribution in [0.15, 0.2) is 16.9 Å². The summed E-state index contributed by atoms with van der Waals surface area (Å²) in [7, 11) is 1.53. The molecule has 2 aromatic heterocycles. The largest absolute Gasteiger partial charge is 0.380 e. The lowest BCUT2D eigenvalue weighted by Gasteiger charge is -2.29. The third kappa shape index (κ3) is 3.98. The third-order valence-electron chi connectivity index (χ3n) is 7.87. The van der Waals surface area contributed by atoms with Crippen LogP contribution in [0.2, 0.25) is 0 Å². The molecule has 2 aliphatic rings. The molecule has 1 aliphatic carbocycles. The Bertz CT molecular complexity index is 1490. The zero-order valence-corrected chi connectivity index (χ0v) is 21.7. The van der Waals surface area contributed by atoms with Crippen molar-refractivity contribution in [1.29, 1.82) is 0 Å². The maximum absolute atomic E-state index is 15.0. The number of aryl methyl sites for hydroxylation is 1. The normalized spacial score (nSPS) is 16.4. The van der Waals surface area contributed by atoms with Crippen molar-refractivity contribution in [2.45, 2.75) is 78.0 Å². The molecule has 1 aromatic carbocycles. The lowest BCUT2D eigenvalue weighted by Crippen LogP contribution is -2.32. The van der Waals surface area contributed by atoms with Gasteiger partial charge >= 0.3 is 0 Å². The Labute approximate surface area is 215 Å². The van der Waals surface area contributed by atoms with Gasteiger partial charge in [0.1, 0.15) is 12.1 Å². The second-order valence-corrected chi connectivity index (χ2v) is 10.1. The summed E-state index contributed by atoms with van der Waals surface area (Å²) in [4.78, 5) is 43.1. The van der Waals surface area contributed by atoms with Crippen molar-refractivity contribution in [2.24, 2.45) is 0 Å². The van der Waals surface area contributed by atoms with Crippen LogP contribution in [-0.2, 0) is 33.9 Å². The Kier molecular flexibility index (Phi) is 6.70. The van der Waals surface area contributed by atoms with Gasteiger partial charge in [-0.2, -0.15) is 0 Å². The van der Waals surface area contributed by atoms with Crippen molar-refractivity contribution in [2.75, 3.05) is 7.11 Å². The zero-order chi connectivity index (χ0) is 26.4. The lowest BCUT2D eigenvalue weighted by molar-refractivity contribution is -0.122. The molecule has 0 saturated carbocycles. The predicted octanol–water partition coefficient (Wildman–Crippen LogP) is 4.62. The van der Waals surface area contributed by atoms with E-state index in [0.717, 1.165) is 34.8 Å². The highest BCUT2D eigenvalue weighted by Gasteiger charge is 2.35. The van der Waals surface area contributed by atoms with Gasteiger partial charge in [-0.3, -0.25) is 9.59 Å². The summed E-state index contributed by atoms with van der Waals surface area (Å²) >= 11 is 0. The van der Waals surface area contributed by atoms with Gasteiger partial charge in [0.15, 0.2) is 0 Å². The summed E-state index contributed by atoms with van der Waals surface area (Å²) in [5.74, 6) is -0.783. The summed E-state index contributed by atoms with van der Waals surface area (Å²) in [6, 6.07) is 3.07. The van der Waals surface area contributed by atoms with Gasteiger partial charge in [0.05, 0.1) is 36.1 Å². The van der Waals surface area contributed by atoms with E-state index < -0.39 is 5.92 Å². The monoisotopic (exact) mass is 505 g/mol. The first-order chi connectivity index (χ1) is 17.8. The van der Waals surface area contributed by atoms with E-state index >= 15 is 0 Å². The Morgan fingerprint density at radius 1 is 1.32 bits per heavy atom. The molecule has 1 aliphatic heterocycles. The number of carbonyl (C=O) groups is 2. The maximum Gasteiger partial charge on any atom is 0.257 e. The molecule has 1 N–H and O–H groups in total.